The van der Waals surface area contributed by atoms with Crippen molar-refractivity contribution in [2.45, 2.75) is 12.6 Å². The molecule has 12 heteroatoms. The average Bonchev–Trinajstić information content (AvgIpc) is 3.42. The van der Waals surface area contributed by atoms with E-state index in [0.29, 0.717) is 49.5 Å². The van der Waals surface area contributed by atoms with Gasteiger partial charge in [0.05, 0.1) is 13.3 Å². The molecular weight excluding hydrogens is 500 g/mol. The molecule has 1 aliphatic heterocycles. The fraction of sp³-hybridized carbons (Fsp3) is 0.360. The third-order valence-corrected chi connectivity index (χ3v) is 6.51. The smallest absolute Gasteiger partial charge is 0.257 e. The zero-order chi connectivity index (χ0) is 26.5. The van der Waals surface area contributed by atoms with E-state index in [4.69, 9.17) is 17.0 Å². The van der Waals surface area contributed by atoms with E-state index in [0.717, 1.165) is 5.56 Å². The molecule has 196 valence electrons. The minimum Gasteiger partial charge on any atom is -0.474 e. The first kappa shape index (κ1) is 26.4. The van der Waals surface area contributed by atoms with Gasteiger partial charge in [-0.1, -0.05) is 12.1 Å². The number of amides is 1. The Morgan fingerprint density at radius 2 is 1.89 bits per heavy atom. The molecule has 4 rings (SSSR count). The molecule has 0 radical (unpaired) electrons. The number of rotatable bonds is 7. The highest BCUT2D eigenvalue weighted by atomic mass is 32.1. The number of hydrogen-bond donors (Lipinski definition) is 2. The zero-order valence-corrected chi connectivity index (χ0v) is 21.7. The molecule has 2 aromatic carbocycles. The third kappa shape index (κ3) is 6.20. The number of thiocarbonyl (C=S) groups is 1. The van der Waals surface area contributed by atoms with Crippen molar-refractivity contribution in [2.75, 3.05) is 52.3 Å². The molecule has 0 spiro atoms. The largest absolute Gasteiger partial charge is 0.474 e. The van der Waals surface area contributed by atoms with Gasteiger partial charge in [-0.25, -0.2) is 8.78 Å². The normalized spacial score (nSPS) is 14.8. The lowest BCUT2D eigenvalue weighted by Crippen LogP contribution is -2.46. The molecule has 1 aliphatic rings. The topological polar surface area (TPSA) is 89.6 Å². The van der Waals surface area contributed by atoms with Gasteiger partial charge < -0.3 is 19.9 Å². The maximum absolute atomic E-state index is 15.3. The number of nitrogens with zero attached hydrogens (tertiary/aromatic N) is 5. The van der Waals surface area contributed by atoms with Gasteiger partial charge in [-0.05, 0) is 47.6 Å². The molecule has 0 bridgehead atoms. The van der Waals surface area contributed by atoms with Crippen LogP contribution >= 0.6 is 12.2 Å². The molecule has 1 unspecified atom stereocenters. The summed E-state index contributed by atoms with van der Waals surface area (Å²) in [6, 6.07) is 9.36. The van der Waals surface area contributed by atoms with E-state index in [1.807, 2.05) is 18.2 Å². The number of nitrogens with one attached hydrogen (secondary N) is 2. The van der Waals surface area contributed by atoms with E-state index in [1.165, 1.54) is 25.4 Å². The molecule has 2 heterocycles. The fourth-order valence-electron chi connectivity index (χ4n) is 4.36. The number of anilines is 1. The number of methoxy groups -OCH3 is 1. The molecule has 0 saturated carbocycles. The van der Waals surface area contributed by atoms with Crippen LogP contribution in [0.4, 0.5) is 14.5 Å². The Kier molecular flexibility index (Phi) is 8.29. The molecule has 37 heavy (non-hydrogen) atoms. The van der Waals surface area contributed by atoms with Crippen LogP contribution in [-0.2, 0) is 11.3 Å². The number of H-pyrrole nitrogens is 1. The van der Waals surface area contributed by atoms with Gasteiger partial charge in [0, 0.05) is 52.4 Å². The van der Waals surface area contributed by atoms with Crippen molar-refractivity contribution >= 4 is 29.0 Å². The van der Waals surface area contributed by atoms with Gasteiger partial charge in [-0.2, -0.15) is 15.4 Å². The van der Waals surface area contributed by atoms with E-state index in [2.05, 4.69) is 25.6 Å². The van der Waals surface area contributed by atoms with Crippen molar-refractivity contribution < 1.29 is 18.3 Å². The molecular formula is C25H29F2N7O2S. The highest BCUT2D eigenvalue weighted by molar-refractivity contribution is 7.80. The third-order valence-electron chi connectivity index (χ3n) is 6.22. The molecule has 1 atom stereocenters. The quantitative estimate of drug-likeness (QED) is 0.452. The van der Waals surface area contributed by atoms with Crippen LogP contribution in [0.25, 0.3) is 0 Å². The van der Waals surface area contributed by atoms with Gasteiger partial charge in [0.2, 0.25) is 0 Å². The zero-order valence-electron chi connectivity index (χ0n) is 20.9. The predicted octanol–water partition coefficient (Wildman–Crippen LogP) is 2.72. The number of carbonyl (C=O) groups is 1. The van der Waals surface area contributed by atoms with Crippen LogP contribution in [0.2, 0.25) is 0 Å². The number of benzene rings is 2. The maximum Gasteiger partial charge on any atom is 0.257 e. The Hall–Kier alpha value is -3.64. The first-order valence-corrected chi connectivity index (χ1v) is 12.1. The summed E-state index contributed by atoms with van der Waals surface area (Å²) in [5.74, 6) is -1.39. The lowest BCUT2D eigenvalue weighted by atomic mass is 10.0. The molecule has 1 aromatic heterocycles. The molecule has 1 fully saturated rings. The van der Waals surface area contributed by atoms with Gasteiger partial charge in [0.25, 0.3) is 11.1 Å². The number of ether oxygens (including phenoxy) is 1. The van der Waals surface area contributed by atoms with Crippen LogP contribution in [0.15, 0.2) is 42.6 Å². The number of hydrogen-bond acceptors (Lipinski definition) is 7. The van der Waals surface area contributed by atoms with Crippen molar-refractivity contribution in [3.63, 3.8) is 0 Å². The summed E-state index contributed by atoms with van der Waals surface area (Å²) in [6.45, 7) is 2.82. The lowest BCUT2D eigenvalue weighted by molar-refractivity contribution is 0.0827. The first-order valence-electron chi connectivity index (χ1n) is 11.7. The second-order valence-electron chi connectivity index (χ2n) is 8.96. The van der Waals surface area contributed by atoms with Crippen LogP contribution in [0.3, 0.4) is 0 Å². The van der Waals surface area contributed by atoms with Crippen molar-refractivity contribution in [3.8, 4) is 0 Å². The van der Waals surface area contributed by atoms with Crippen LogP contribution in [0.1, 0.15) is 33.2 Å². The van der Waals surface area contributed by atoms with Crippen LogP contribution in [-0.4, -0.2) is 83.7 Å². The Bertz CT molecular complexity index is 1220. The standard InChI is InChI=1S/C25H29F2N7O2S/c1-32(2)24(35)17-6-4-5-16(11-17)15-33-7-9-34(10-8-33)23-19(26)12-18(13-20(23)27)22(29-25(37)36-3)21-14-28-31-30-21/h4-6,11-14,22H,7-10,15H2,1-3H3,(H,29,37)(H,28,30,31). The van der Waals surface area contributed by atoms with Gasteiger partial charge in [0.15, 0.2) is 0 Å². The summed E-state index contributed by atoms with van der Waals surface area (Å²) in [5, 5.41) is 13.2. The highest BCUT2D eigenvalue weighted by Crippen LogP contribution is 2.30. The maximum atomic E-state index is 15.3. The van der Waals surface area contributed by atoms with Crippen molar-refractivity contribution in [1.29, 1.82) is 0 Å². The monoisotopic (exact) mass is 529 g/mol. The molecule has 0 aliphatic carbocycles. The molecule has 3 aromatic rings. The van der Waals surface area contributed by atoms with E-state index in [9.17, 15) is 4.79 Å². The summed E-state index contributed by atoms with van der Waals surface area (Å²) in [4.78, 5) is 17.7. The Morgan fingerprint density at radius 3 is 2.49 bits per heavy atom. The highest BCUT2D eigenvalue weighted by Gasteiger charge is 2.26. The SMILES string of the molecule is COC(=S)NC(c1cc(F)c(N2CCN(Cc3cccc(C(=O)N(C)C)c3)CC2)c(F)c1)c1cn[nH]n1. The number of piperazine rings is 1. The van der Waals surface area contributed by atoms with Crippen molar-refractivity contribution in [2.24, 2.45) is 0 Å². The Labute approximate surface area is 219 Å². The van der Waals surface area contributed by atoms with E-state index >= 15 is 8.78 Å². The van der Waals surface area contributed by atoms with E-state index in [-0.39, 0.29) is 16.8 Å². The lowest BCUT2D eigenvalue weighted by Gasteiger charge is -2.36. The minimum atomic E-state index is -0.740. The summed E-state index contributed by atoms with van der Waals surface area (Å²) in [7, 11) is 4.84. The number of carbonyl (C=O) groups excluding carboxylic acids is 1. The second-order valence-corrected chi connectivity index (χ2v) is 9.33. The van der Waals surface area contributed by atoms with Crippen molar-refractivity contribution in [1.82, 2.24) is 30.5 Å². The molecule has 9 nitrogen and oxygen atoms in total. The van der Waals surface area contributed by atoms with Crippen LogP contribution in [0.5, 0.6) is 0 Å². The summed E-state index contributed by atoms with van der Waals surface area (Å²) < 4.78 is 35.6. The molecule has 1 saturated heterocycles. The number of aromatic amines is 1. The fourth-order valence-corrected chi connectivity index (χ4v) is 4.47. The summed E-state index contributed by atoms with van der Waals surface area (Å²) in [6.07, 6.45) is 1.45. The number of aromatic nitrogens is 3. The van der Waals surface area contributed by atoms with Crippen LogP contribution < -0.4 is 10.2 Å². The van der Waals surface area contributed by atoms with Gasteiger partial charge in [-0.3, -0.25) is 9.69 Å². The van der Waals surface area contributed by atoms with E-state index < -0.39 is 17.7 Å². The van der Waals surface area contributed by atoms with Gasteiger partial charge >= 0.3 is 0 Å². The molecule has 2 N–H and O–H groups in total. The first-order chi connectivity index (χ1) is 17.8. The van der Waals surface area contributed by atoms with Gasteiger partial charge in [0.1, 0.15) is 29.1 Å². The Balaban J connectivity index is 1.45. The Morgan fingerprint density at radius 1 is 1.19 bits per heavy atom. The summed E-state index contributed by atoms with van der Waals surface area (Å²) >= 11 is 5.08. The minimum absolute atomic E-state index is 0.0499. The van der Waals surface area contributed by atoms with E-state index in [1.54, 1.807) is 30.0 Å². The van der Waals surface area contributed by atoms with Crippen LogP contribution in [0, 0.1) is 11.6 Å². The number of halogens is 2. The average molecular weight is 530 g/mol. The summed E-state index contributed by atoms with van der Waals surface area (Å²) in [5.41, 5.74) is 2.31. The van der Waals surface area contributed by atoms with Crippen molar-refractivity contribution in [3.05, 3.63) is 76.6 Å². The predicted molar refractivity (Wildman–Crippen MR) is 139 cm³/mol. The van der Waals surface area contributed by atoms with Gasteiger partial charge in [-0.15, -0.1) is 0 Å². The molecule has 1 amide bonds. The second kappa shape index (κ2) is 11.6.